The van der Waals surface area contributed by atoms with E-state index in [9.17, 15) is 4.79 Å². The van der Waals surface area contributed by atoms with Crippen LogP contribution in [0.4, 0.5) is 0 Å². The summed E-state index contributed by atoms with van der Waals surface area (Å²) in [6.07, 6.45) is 0. The van der Waals surface area contributed by atoms with Gasteiger partial charge in [0, 0.05) is 16.9 Å². The molecule has 1 heterocycles. The topological polar surface area (TPSA) is 72.3 Å². The van der Waals surface area contributed by atoms with Crippen molar-refractivity contribution in [3.05, 3.63) is 35.7 Å². The van der Waals surface area contributed by atoms with Crippen LogP contribution in [0.15, 0.2) is 24.3 Å². The molecule has 100 valence electrons. The van der Waals surface area contributed by atoms with Crippen molar-refractivity contribution in [1.29, 1.82) is 0 Å². The minimum absolute atomic E-state index is 0.138. The predicted molar refractivity (Wildman–Crippen MR) is 72.1 cm³/mol. The lowest BCUT2D eigenvalue weighted by molar-refractivity contribution is 0.0696. The standard InChI is InChI=1S/C13H14N2O3S/c1-13(2,3)11-14-12(19-15-11)18-9-6-4-5-8(7-9)10(16)17/h4-7H,1-3H3,(H,16,17). The first-order valence-electron chi connectivity index (χ1n) is 5.71. The number of benzene rings is 1. The third-order valence-corrected chi connectivity index (χ3v) is 2.96. The minimum atomic E-state index is -0.988. The second-order valence-electron chi connectivity index (χ2n) is 5.07. The molecule has 1 aromatic carbocycles. The molecule has 0 atom stereocenters. The molecule has 1 aromatic heterocycles. The Hall–Kier alpha value is -1.95. The molecule has 0 aliphatic rings. The largest absolute Gasteiger partial charge is 0.478 e. The fourth-order valence-electron chi connectivity index (χ4n) is 1.35. The van der Waals surface area contributed by atoms with Gasteiger partial charge in [0.25, 0.3) is 5.19 Å². The molecule has 6 heteroatoms. The Labute approximate surface area is 115 Å². The molecule has 2 aromatic rings. The summed E-state index contributed by atoms with van der Waals surface area (Å²) >= 11 is 1.15. The van der Waals surface area contributed by atoms with Gasteiger partial charge in [-0.15, -0.1) is 0 Å². The van der Waals surface area contributed by atoms with E-state index in [1.807, 2.05) is 20.8 Å². The summed E-state index contributed by atoms with van der Waals surface area (Å²) in [6.45, 7) is 6.05. The quantitative estimate of drug-likeness (QED) is 0.932. The number of carboxylic acids is 1. The van der Waals surface area contributed by atoms with Gasteiger partial charge in [-0.1, -0.05) is 26.8 Å². The van der Waals surface area contributed by atoms with Crippen LogP contribution in [-0.4, -0.2) is 20.4 Å². The molecule has 0 bridgehead atoms. The Kier molecular flexibility index (Phi) is 3.53. The summed E-state index contributed by atoms with van der Waals surface area (Å²) in [5.74, 6) is 0.163. The summed E-state index contributed by atoms with van der Waals surface area (Å²) in [5.41, 5.74) is 0.0409. The van der Waals surface area contributed by atoms with Gasteiger partial charge in [0.05, 0.1) is 5.56 Å². The van der Waals surface area contributed by atoms with Crippen LogP contribution in [0.5, 0.6) is 10.9 Å². The van der Waals surface area contributed by atoms with Crippen molar-refractivity contribution in [2.45, 2.75) is 26.2 Å². The normalized spacial score (nSPS) is 11.3. The van der Waals surface area contributed by atoms with E-state index in [1.165, 1.54) is 12.1 Å². The van der Waals surface area contributed by atoms with E-state index in [-0.39, 0.29) is 11.0 Å². The number of rotatable bonds is 3. The van der Waals surface area contributed by atoms with Crippen molar-refractivity contribution in [2.75, 3.05) is 0 Å². The van der Waals surface area contributed by atoms with E-state index in [0.717, 1.165) is 11.5 Å². The summed E-state index contributed by atoms with van der Waals surface area (Å²) in [5, 5.41) is 9.31. The average Bonchev–Trinajstić information content (AvgIpc) is 2.77. The molecule has 2 rings (SSSR count). The number of hydrogen-bond donors (Lipinski definition) is 1. The molecule has 0 saturated heterocycles. The lowest BCUT2D eigenvalue weighted by Crippen LogP contribution is -2.12. The van der Waals surface area contributed by atoms with Gasteiger partial charge >= 0.3 is 5.97 Å². The molecular formula is C13H14N2O3S. The highest BCUT2D eigenvalue weighted by Crippen LogP contribution is 2.28. The number of carbonyl (C=O) groups is 1. The minimum Gasteiger partial charge on any atom is -0.478 e. The molecule has 0 fully saturated rings. The predicted octanol–water partition coefficient (Wildman–Crippen LogP) is 3.33. The van der Waals surface area contributed by atoms with Gasteiger partial charge in [-0.2, -0.15) is 9.36 Å². The highest BCUT2D eigenvalue weighted by atomic mass is 32.1. The van der Waals surface area contributed by atoms with Gasteiger partial charge in [0.2, 0.25) is 0 Å². The van der Waals surface area contributed by atoms with Crippen LogP contribution in [0.1, 0.15) is 37.0 Å². The zero-order valence-corrected chi connectivity index (χ0v) is 11.7. The fraction of sp³-hybridized carbons (Fsp3) is 0.308. The van der Waals surface area contributed by atoms with Crippen LogP contribution in [0.2, 0.25) is 0 Å². The number of aromatic carboxylic acids is 1. The maximum absolute atomic E-state index is 10.9. The van der Waals surface area contributed by atoms with Crippen LogP contribution in [-0.2, 0) is 5.41 Å². The highest BCUT2D eigenvalue weighted by molar-refractivity contribution is 7.07. The molecule has 5 nitrogen and oxygen atoms in total. The number of aromatic nitrogens is 2. The van der Waals surface area contributed by atoms with E-state index in [1.54, 1.807) is 12.1 Å². The van der Waals surface area contributed by atoms with Crippen molar-refractivity contribution < 1.29 is 14.6 Å². The van der Waals surface area contributed by atoms with Gasteiger partial charge in [0.1, 0.15) is 5.75 Å². The Morgan fingerprint density at radius 1 is 1.37 bits per heavy atom. The number of hydrogen-bond acceptors (Lipinski definition) is 5. The van der Waals surface area contributed by atoms with Crippen molar-refractivity contribution in [2.24, 2.45) is 0 Å². The van der Waals surface area contributed by atoms with E-state index >= 15 is 0 Å². The second kappa shape index (κ2) is 4.97. The van der Waals surface area contributed by atoms with Gasteiger partial charge in [-0.05, 0) is 18.2 Å². The van der Waals surface area contributed by atoms with Gasteiger partial charge in [-0.3, -0.25) is 0 Å². The third-order valence-electron chi connectivity index (χ3n) is 2.36. The van der Waals surface area contributed by atoms with E-state index < -0.39 is 5.97 Å². The highest BCUT2D eigenvalue weighted by Gasteiger charge is 2.20. The molecule has 0 aliphatic heterocycles. The Bertz CT molecular complexity index is 602. The molecule has 0 saturated carbocycles. The lowest BCUT2D eigenvalue weighted by atomic mass is 9.96. The SMILES string of the molecule is CC(C)(C)c1nsc(Oc2cccc(C(=O)O)c2)n1. The van der Waals surface area contributed by atoms with Crippen LogP contribution in [0, 0.1) is 0 Å². The van der Waals surface area contributed by atoms with E-state index in [2.05, 4.69) is 9.36 Å². The smallest absolute Gasteiger partial charge is 0.335 e. The monoisotopic (exact) mass is 278 g/mol. The van der Waals surface area contributed by atoms with Gasteiger partial charge in [-0.25, -0.2) is 4.79 Å². The summed E-state index contributed by atoms with van der Waals surface area (Å²) < 4.78 is 9.76. The molecule has 0 aliphatic carbocycles. The fourth-order valence-corrected chi connectivity index (χ4v) is 2.09. The van der Waals surface area contributed by atoms with Crippen molar-refractivity contribution in [1.82, 2.24) is 9.36 Å². The second-order valence-corrected chi connectivity index (χ2v) is 5.78. The van der Waals surface area contributed by atoms with Crippen molar-refractivity contribution >= 4 is 17.5 Å². The number of carboxylic acid groups (broad SMARTS) is 1. The molecule has 19 heavy (non-hydrogen) atoms. The van der Waals surface area contributed by atoms with Crippen LogP contribution >= 0.6 is 11.5 Å². The number of ether oxygens (including phenoxy) is 1. The maximum atomic E-state index is 10.9. The Morgan fingerprint density at radius 3 is 2.68 bits per heavy atom. The molecule has 0 unspecified atom stereocenters. The van der Waals surface area contributed by atoms with Crippen molar-refractivity contribution in [3.63, 3.8) is 0 Å². The van der Waals surface area contributed by atoms with E-state index in [4.69, 9.17) is 9.84 Å². The molecule has 1 N–H and O–H groups in total. The van der Waals surface area contributed by atoms with Gasteiger partial charge < -0.3 is 9.84 Å². The number of nitrogens with zero attached hydrogens (tertiary/aromatic N) is 2. The molecule has 0 amide bonds. The molecule has 0 radical (unpaired) electrons. The van der Waals surface area contributed by atoms with E-state index in [0.29, 0.717) is 16.8 Å². The summed E-state index contributed by atoms with van der Waals surface area (Å²) in [7, 11) is 0. The van der Waals surface area contributed by atoms with Crippen LogP contribution < -0.4 is 4.74 Å². The Morgan fingerprint density at radius 2 is 2.11 bits per heavy atom. The van der Waals surface area contributed by atoms with Gasteiger partial charge in [0.15, 0.2) is 5.82 Å². The first kappa shape index (κ1) is 13.5. The first-order chi connectivity index (χ1) is 8.86. The van der Waals surface area contributed by atoms with Crippen molar-refractivity contribution in [3.8, 4) is 10.9 Å². The molecule has 0 spiro atoms. The summed E-state index contributed by atoms with van der Waals surface area (Å²) in [4.78, 5) is 15.1. The molecular weight excluding hydrogens is 264 g/mol. The third kappa shape index (κ3) is 3.29. The first-order valence-corrected chi connectivity index (χ1v) is 6.49. The van der Waals surface area contributed by atoms with Crippen LogP contribution in [0.3, 0.4) is 0 Å². The zero-order chi connectivity index (χ0) is 14.0. The lowest BCUT2D eigenvalue weighted by Gasteiger charge is -2.12. The summed E-state index contributed by atoms with van der Waals surface area (Å²) in [6, 6.07) is 6.28. The average molecular weight is 278 g/mol. The van der Waals surface area contributed by atoms with Crippen LogP contribution in [0.25, 0.3) is 0 Å². The maximum Gasteiger partial charge on any atom is 0.335 e. The Balaban J connectivity index is 2.19. The zero-order valence-electron chi connectivity index (χ0n) is 10.9.